The van der Waals surface area contributed by atoms with Crippen LogP contribution in [0.4, 0.5) is 0 Å². The molecule has 5 nitrogen and oxygen atoms in total. The summed E-state index contributed by atoms with van der Waals surface area (Å²) >= 11 is 0. The highest BCUT2D eigenvalue weighted by molar-refractivity contribution is 5.38. The van der Waals surface area contributed by atoms with E-state index in [4.69, 9.17) is 14.2 Å². The van der Waals surface area contributed by atoms with Crippen LogP contribution in [0.25, 0.3) is 0 Å². The third-order valence-corrected chi connectivity index (χ3v) is 4.39. The van der Waals surface area contributed by atoms with Gasteiger partial charge < -0.3 is 19.3 Å². The van der Waals surface area contributed by atoms with Crippen LogP contribution in [0.3, 0.4) is 0 Å². The lowest BCUT2D eigenvalue weighted by Crippen LogP contribution is -2.38. The fraction of sp³-hybridized carbons (Fsp3) is 0.455. The number of benzene rings is 2. The van der Waals surface area contributed by atoms with Gasteiger partial charge >= 0.3 is 0 Å². The first-order valence-electron chi connectivity index (χ1n) is 9.27. The Kier molecular flexibility index (Phi) is 8.58. The molecule has 5 heteroatoms. The summed E-state index contributed by atoms with van der Waals surface area (Å²) in [6.07, 6.45) is -0.552. The van der Waals surface area contributed by atoms with Gasteiger partial charge in [-0.1, -0.05) is 30.3 Å². The fourth-order valence-electron chi connectivity index (χ4n) is 2.86. The van der Waals surface area contributed by atoms with Crippen LogP contribution >= 0.6 is 0 Å². The zero-order valence-corrected chi connectivity index (χ0v) is 16.7. The lowest BCUT2D eigenvalue weighted by Gasteiger charge is -2.29. The Bertz CT molecular complexity index is 653. The van der Waals surface area contributed by atoms with Crippen LogP contribution in [0.1, 0.15) is 25.0 Å². The highest BCUT2D eigenvalue weighted by Crippen LogP contribution is 2.24. The molecular formula is C22H31NO4. The maximum absolute atomic E-state index is 10.4. The minimum absolute atomic E-state index is 0.283. The van der Waals surface area contributed by atoms with Crippen molar-refractivity contribution in [2.45, 2.75) is 39.1 Å². The largest absolute Gasteiger partial charge is 0.497 e. The summed E-state index contributed by atoms with van der Waals surface area (Å²) in [6, 6.07) is 16.1. The van der Waals surface area contributed by atoms with E-state index in [9.17, 15) is 5.11 Å². The summed E-state index contributed by atoms with van der Waals surface area (Å²) in [7, 11) is 3.29. The second-order valence-electron chi connectivity index (χ2n) is 6.90. The van der Waals surface area contributed by atoms with Gasteiger partial charge in [-0.05, 0) is 37.1 Å². The fourth-order valence-corrected chi connectivity index (χ4v) is 2.86. The van der Waals surface area contributed by atoms with Gasteiger partial charge in [0.2, 0.25) is 0 Å². The van der Waals surface area contributed by atoms with E-state index >= 15 is 0 Å². The number of ether oxygens (including phenoxy) is 3. The maximum atomic E-state index is 10.4. The third kappa shape index (κ3) is 7.21. The third-order valence-electron chi connectivity index (χ3n) is 4.39. The van der Waals surface area contributed by atoms with E-state index in [1.54, 1.807) is 14.2 Å². The molecule has 2 aromatic carbocycles. The first-order valence-corrected chi connectivity index (χ1v) is 9.27. The van der Waals surface area contributed by atoms with Gasteiger partial charge in [0.15, 0.2) is 0 Å². The van der Waals surface area contributed by atoms with Gasteiger partial charge in [-0.15, -0.1) is 0 Å². The molecule has 2 aromatic rings. The Morgan fingerprint density at radius 1 is 0.926 bits per heavy atom. The smallest absolute Gasteiger partial charge is 0.122 e. The summed E-state index contributed by atoms with van der Waals surface area (Å²) in [5.41, 5.74) is 2.19. The van der Waals surface area contributed by atoms with Crippen molar-refractivity contribution in [2.75, 3.05) is 27.4 Å². The van der Waals surface area contributed by atoms with Crippen molar-refractivity contribution < 1.29 is 19.3 Å². The normalized spacial score (nSPS) is 12.4. The zero-order chi connectivity index (χ0) is 19.6. The minimum Gasteiger partial charge on any atom is -0.497 e. The molecule has 0 saturated heterocycles. The summed E-state index contributed by atoms with van der Waals surface area (Å²) in [5.74, 6) is 1.53. The molecule has 0 heterocycles. The van der Waals surface area contributed by atoms with Crippen molar-refractivity contribution in [3.8, 4) is 11.5 Å². The molecule has 0 spiro atoms. The highest BCUT2D eigenvalue weighted by Gasteiger charge is 2.16. The Morgan fingerprint density at radius 3 is 2.11 bits per heavy atom. The van der Waals surface area contributed by atoms with Crippen molar-refractivity contribution in [1.29, 1.82) is 0 Å². The maximum Gasteiger partial charge on any atom is 0.122 e. The predicted octanol–water partition coefficient (Wildman–Crippen LogP) is 3.49. The van der Waals surface area contributed by atoms with Gasteiger partial charge in [0.05, 0.1) is 33.5 Å². The van der Waals surface area contributed by atoms with Crippen LogP contribution in [0, 0.1) is 0 Å². The molecule has 0 aliphatic carbocycles. The molecule has 148 valence electrons. The first-order chi connectivity index (χ1) is 13.0. The number of aliphatic hydroxyl groups is 1. The Hall–Kier alpha value is -2.08. The lowest BCUT2D eigenvalue weighted by molar-refractivity contribution is 0.00312. The molecule has 1 atom stereocenters. The molecule has 0 aromatic heterocycles. The molecule has 0 amide bonds. The van der Waals surface area contributed by atoms with Gasteiger partial charge in [0.25, 0.3) is 0 Å². The topological polar surface area (TPSA) is 51.2 Å². The van der Waals surface area contributed by atoms with Crippen LogP contribution in [-0.2, 0) is 17.9 Å². The SMILES string of the molecule is COc1cc(CN(C[C@H](O)COCc2ccccc2)C(C)C)cc(OC)c1. The number of methoxy groups -OCH3 is 2. The molecule has 0 aliphatic heterocycles. The van der Waals surface area contributed by atoms with E-state index < -0.39 is 6.10 Å². The lowest BCUT2D eigenvalue weighted by atomic mass is 10.1. The Labute approximate surface area is 162 Å². The summed E-state index contributed by atoms with van der Waals surface area (Å²) in [6.45, 7) is 6.28. The van der Waals surface area contributed by atoms with Crippen LogP contribution in [-0.4, -0.2) is 49.5 Å². The van der Waals surface area contributed by atoms with Gasteiger partial charge in [-0.2, -0.15) is 0 Å². The van der Waals surface area contributed by atoms with E-state index in [1.165, 1.54) is 0 Å². The number of nitrogens with zero attached hydrogens (tertiary/aromatic N) is 1. The molecule has 0 saturated carbocycles. The number of hydrogen-bond donors (Lipinski definition) is 1. The standard InChI is InChI=1S/C22H31NO4/c1-17(2)23(13-19-10-21(25-3)12-22(11-19)26-4)14-20(24)16-27-15-18-8-6-5-7-9-18/h5-12,17,20,24H,13-16H2,1-4H3/t20-/m0/s1. The summed E-state index contributed by atoms with van der Waals surface area (Å²) < 4.78 is 16.4. The Morgan fingerprint density at radius 2 is 1.56 bits per heavy atom. The van der Waals surface area contributed by atoms with E-state index in [-0.39, 0.29) is 6.04 Å². The minimum atomic E-state index is -0.552. The van der Waals surface area contributed by atoms with Crippen molar-refractivity contribution in [3.05, 3.63) is 59.7 Å². The van der Waals surface area contributed by atoms with Crippen molar-refractivity contribution in [2.24, 2.45) is 0 Å². The molecule has 0 fully saturated rings. The quantitative estimate of drug-likeness (QED) is 0.653. The zero-order valence-electron chi connectivity index (χ0n) is 16.7. The second kappa shape index (κ2) is 10.9. The summed E-state index contributed by atoms with van der Waals surface area (Å²) in [5, 5.41) is 10.4. The van der Waals surface area contributed by atoms with Crippen molar-refractivity contribution in [1.82, 2.24) is 4.90 Å². The van der Waals surface area contributed by atoms with Crippen molar-refractivity contribution >= 4 is 0 Å². The van der Waals surface area contributed by atoms with Crippen molar-refractivity contribution in [3.63, 3.8) is 0 Å². The highest BCUT2D eigenvalue weighted by atomic mass is 16.5. The van der Waals surface area contributed by atoms with E-state index in [1.807, 2.05) is 48.5 Å². The van der Waals surface area contributed by atoms with Crippen LogP contribution in [0.15, 0.2) is 48.5 Å². The van der Waals surface area contributed by atoms with E-state index in [2.05, 4.69) is 18.7 Å². The molecule has 0 aliphatic rings. The first kappa shape index (κ1) is 21.2. The molecular weight excluding hydrogens is 342 g/mol. The van der Waals surface area contributed by atoms with Crippen LogP contribution < -0.4 is 9.47 Å². The van der Waals surface area contributed by atoms with Gasteiger partial charge in [0, 0.05) is 25.2 Å². The molecule has 27 heavy (non-hydrogen) atoms. The number of rotatable bonds is 11. The van der Waals surface area contributed by atoms with Gasteiger partial charge in [-0.3, -0.25) is 4.90 Å². The number of aliphatic hydroxyl groups excluding tert-OH is 1. The van der Waals surface area contributed by atoms with Crippen LogP contribution in [0.5, 0.6) is 11.5 Å². The molecule has 0 bridgehead atoms. The molecule has 0 radical (unpaired) electrons. The molecule has 0 unspecified atom stereocenters. The molecule has 1 N–H and O–H groups in total. The predicted molar refractivity (Wildman–Crippen MR) is 107 cm³/mol. The van der Waals surface area contributed by atoms with Crippen LogP contribution in [0.2, 0.25) is 0 Å². The summed E-state index contributed by atoms with van der Waals surface area (Å²) in [4.78, 5) is 2.21. The molecule has 2 rings (SSSR count). The van der Waals surface area contributed by atoms with E-state index in [0.29, 0.717) is 26.3 Å². The van der Waals surface area contributed by atoms with Gasteiger partial charge in [0.1, 0.15) is 11.5 Å². The monoisotopic (exact) mass is 373 g/mol. The average Bonchev–Trinajstić information content (AvgIpc) is 2.67. The second-order valence-corrected chi connectivity index (χ2v) is 6.90. The van der Waals surface area contributed by atoms with Gasteiger partial charge in [-0.25, -0.2) is 0 Å². The average molecular weight is 373 g/mol. The Balaban J connectivity index is 1.90. The number of hydrogen-bond acceptors (Lipinski definition) is 5. The van der Waals surface area contributed by atoms with E-state index in [0.717, 1.165) is 22.6 Å².